The highest BCUT2D eigenvalue weighted by molar-refractivity contribution is 5.83. The van der Waals surface area contributed by atoms with Crippen LogP contribution in [0.1, 0.15) is 59.8 Å². The zero-order chi connectivity index (χ0) is 14.3. The summed E-state index contributed by atoms with van der Waals surface area (Å²) in [6.07, 6.45) is 6.13. The van der Waals surface area contributed by atoms with E-state index in [1.54, 1.807) is 0 Å². The van der Waals surface area contributed by atoms with E-state index < -0.39 is 0 Å². The minimum absolute atomic E-state index is 0.0466. The molecule has 1 aliphatic heterocycles. The van der Waals surface area contributed by atoms with E-state index in [9.17, 15) is 0 Å². The van der Waals surface area contributed by atoms with Crippen LogP contribution in [0.15, 0.2) is 4.99 Å². The molecule has 0 saturated carbocycles. The van der Waals surface area contributed by atoms with Crippen LogP contribution < -0.4 is 0 Å². The summed E-state index contributed by atoms with van der Waals surface area (Å²) in [5, 5.41) is 0. The number of hydrogen-bond acceptors (Lipinski definition) is 1. The van der Waals surface area contributed by atoms with Gasteiger partial charge in [0.05, 0.1) is 12.1 Å². The molecule has 0 aromatic heterocycles. The quantitative estimate of drug-likeness (QED) is 0.572. The summed E-state index contributed by atoms with van der Waals surface area (Å²) in [7, 11) is 2.09. The van der Waals surface area contributed by atoms with Crippen molar-refractivity contribution in [2.45, 2.75) is 65.3 Å². The molecule has 0 bridgehead atoms. The molecule has 19 heavy (non-hydrogen) atoms. The van der Waals surface area contributed by atoms with Gasteiger partial charge in [0.2, 0.25) is 5.96 Å². The topological polar surface area (TPSA) is 18.8 Å². The van der Waals surface area contributed by atoms with Gasteiger partial charge in [-0.3, -0.25) is 4.90 Å². The Kier molecular flexibility index (Phi) is 6.21. The van der Waals surface area contributed by atoms with Crippen molar-refractivity contribution in [3.05, 3.63) is 0 Å². The van der Waals surface area contributed by atoms with Gasteiger partial charge >= 0.3 is 0 Å². The molecule has 1 rings (SSSR count). The second-order valence-electron chi connectivity index (χ2n) is 6.26. The number of nitrogens with zero attached hydrogens (tertiary/aromatic N) is 3. The van der Waals surface area contributed by atoms with Gasteiger partial charge in [-0.1, -0.05) is 32.1 Å². The Morgan fingerprint density at radius 1 is 1.16 bits per heavy atom. The van der Waals surface area contributed by atoms with Crippen molar-refractivity contribution < 1.29 is 0 Å². The normalized spacial score (nSPS) is 17.8. The third kappa shape index (κ3) is 6.00. The molecule has 0 atom stereocenters. The highest BCUT2D eigenvalue weighted by Gasteiger charge is 2.24. The molecule has 1 heterocycles. The molecule has 0 aromatic carbocycles. The number of unbranched alkanes of at least 4 members (excludes halogenated alkanes) is 4. The zero-order valence-electron chi connectivity index (χ0n) is 13.3. The lowest BCUT2D eigenvalue weighted by atomic mass is 10.1. The lowest BCUT2D eigenvalue weighted by Gasteiger charge is -2.20. The monoisotopic (exact) mass is 263 g/mol. The van der Waals surface area contributed by atoms with E-state index in [2.05, 4.69) is 56.5 Å². The van der Waals surface area contributed by atoms with Gasteiger partial charge in [0.15, 0.2) is 0 Å². The molecule has 0 spiro atoms. The van der Waals surface area contributed by atoms with Gasteiger partial charge in [0.25, 0.3) is 0 Å². The van der Waals surface area contributed by atoms with Crippen molar-refractivity contribution in [2.24, 2.45) is 4.99 Å². The standard InChI is InChI=1S/C16H29N3/c1-6-7-8-9-10-11-12-19-14-13-18(5)15(19)17-16(2,3)4/h6-10,13-14H2,1-5H3. The molecular formula is C16H29N3. The first-order chi connectivity index (χ1) is 8.94. The molecule has 0 amide bonds. The van der Waals surface area contributed by atoms with Gasteiger partial charge in [-0.05, 0) is 27.2 Å². The maximum absolute atomic E-state index is 4.77. The van der Waals surface area contributed by atoms with Gasteiger partial charge < -0.3 is 4.90 Å². The van der Waals surface area contributed by atoms with Gasteiger partial charge in [-0.2, -0.15) is 0 Å². The van der Waals surface area contributed by atoms with Gasteiger partial charge in [0, 0.05) is 26.1 Å². The summed E-state index contributed by atoms with van der Waals surface area (Å²) in [5.74, 6) is 4.31. The van der Waals surface area contributed by atoms with Crippen LogP contribution in [0, 0.1) is 12.0 Å². The third-order valence-corrected chi connectivity index (χ3v) is 3.05. The van der Waals surface area contributed by atoms with Crippen molar-refractivity contribution in [3.63, 3.8) is 0 Å². The van der Waals surface area contributed by atoms with Gasteiger partial charge in [0.1, 0.15) is 0 Å². The van der Waals surface area contributed by atoms with Gasteiger partial charge in [-0.15, -0.1) is 0 Å². The first kappa shape index (κ1) is 15.9. The summed E-state index contributed by atoms with van der Waals surface area (Å²) in [6.45, 7) is 10.6. The van der Waals surface area contributed by atoms with Gasteiger partial charge in [-0.25, -0.2) is 4.99 Å². The van der Waals surface area contributed by atoms with Crippen LogP contribution in [0.25, 0.3) is 0 Å². The Hall–Kier alpha value is -1.17. The maximum atomic E-state index is 4.77. The minimum Gasteiger partial charge on any atom is -0.343 e. The van der Waals surface area contributed by atoms with E-state index >= 15 is 0 Å². The number of aliphatic imine (C=N–C) groups is 1. The van der Waals surface area contributed by atoms with E-state index in [0.29, 0.717) is 0 Å². The summed E-state index contributed by atoms with van der Waals surface area (Å²) in [6, 6.07) is 3.27. The number of guanidine groups is 1. The molecule has 3 nitrogen and oxygen atoms in total. The predicted molar refractivity (Wildman–Crippen MR) is 83.1 cm³/mol. The van der Waals surface area contributed by atoms with E-state index in [1.165, 1.54) is 25.7 Å². The molecule has 108 valence electrons. The highest BCUT2D eigenvalue weighted by atomic mass is 15.4. The predicted octanol–water partition coefficient (Wildman–Crippen LogP) is 3.32. The van der Waals surface area contributed by atoms with Crippen molar-refractivity contribution in [2.75, 3.05) is 20.1 Å². The minimum atomic E-state index is -0.0466. The van der Waals surface area contributed by atoms with Crippen LogP contribution >= 0.6 is 0 Å². The first-order valence-electron chi connectivity index (χ1n) is 7.51. The average Bonchev–Trinajstić information content (AvgIpc) is 2.64. The van der Waals surface area contributed by atoms with Crippen molar-refractivity contribution in [1.29, 1.82) is 0 Å². The van der Waals surface area contributed by atoms with E-state index in [0.717, 1.165) is 25.5 Å². The molecule has 0 aliphatic carbocycles. The molecule has 1 saturated heterocycles. The van der Waals surface area contributed by atoms with Crippen molar-refractivity contribution in [3.8, 4) is 12.0 Å². The van der Waals surface area contributed by atoms with Crippen molar-refractivity contribution in [1.82, 2.24) is 9.80 Å². The molecule has 1 aliphatic rings. The lowest BCUT2D eigenvalue weighted by Crippen LogP contribution is -2.31. The fraction of sp³-hybridized carbons (Fsp3) is 0.812. The molecule has 0 N–H and O–H groups in total. The lowest BCUT2D eigenvalue weighted by molar-refractivity contribution is 0.524. The molecule has 0 aromatic rings. The third-order valence-electron chi connectivity index (χ3n) is 3.05. The SMILES string of the molecule is CCCCCCC#CN1CCN(C)C1=NC(C)(C)C. The Labute approximate surface area is 119 Å². The van der Waals surface area contributed by atoms with Crippen LogP contribution in [0.3, 0.4) is 0 Å². The largest absolute Gasteiger partial charge is 0.343 e. The molecular weight excluding hydrogens is 234 g/mol. The second kappa shape index (κ2) is 7.43. The Balaban J connectivity index is 2.53. The average molecular weight is 263 g/mol. The Bertz CT molecular complexity index is 354. The number of likely N-dealkylation sites (N-methyl/N-ethyl adjacent to an activating group) is 1. The van der Waals surface area contributed by atoms with Crippen LogP contribution in [-0.2, 0) is 0 Å². The second-order valence-corrected chi connectivity index (χ2v) is 6.26. The van der Waals surface area contributed by atoms with Crippen LogP contribution in [0.2, 0.25) is 0 Å². The van der Waals surface area contributed by atoms with E-state index in [1.807, 2.05) is 0 Å². The first-order valence-corrected chi connectivity index (χ1v) is 7.51. The molecule has 3 heteroatoms. The molecule has 0 unspecified atom stereocenters. The van der Waals surface area contributed by atoms with Crippen LogP contribution in [0.5, 0.6) is 0 Å². The Morgan fingerprint density at radius 3 is 2.53 bits per heavy atom. The smallest absolute Gasteiger partial charge is 0.208 e. The number of rotatable bonds is 4. The number of hydrogen-bond donors (Lipinski definition) is 0. The summed E-state index contributed by atoms with van der Waals surface area (Å²) < 4.78 is 0. The Morgan fingerprint density at radius 2 is 1.89 bits per heavy atom. The fourth-order valence-corrected chi connectivity index (χ4v) is 2.00. The summed E-state index contributed by atoms with van der Waals surface area (Å²) in [4.78, 5) is 9.06. The van der Waals surface area contributed by atoms with E-state index in [4.69, 9.17) is 4.99 Å². The maximum Gasteiger partial charge on any atom is 0.208 e. The fourth-order valence-electron chi connectivity index (χ4n) is 2.00. The summed E-state index contributed by atoms with van der Waals surface area (Å²) >= 11 is 0. The van der Waals surface area contributed by atoms with Crippen LogP contribution in [0.4, 0.5) is 0 Å². The van der Waals surface area contributed by atoms with Crippen molar-refractivity contribution >= 4 is 5.96 Å². The van der Waals surface area contributed by atoms with Crippen LogP contribution in [-0.4, -0.2) is 41.4 Å². The summed E-state index contributed by atoms with van der Waals surface area (Å²) in [5.41, 5.74) is -0.0466. The van der Waals surface area contributed by atoms with E-state index in [-0.39, 0.29) is 5.54 Å². The highest BCUT2D eigenvalue weighted by Crippen LogP contribution is 2.13. The molecule has 0 radical (unpaired) electrons. The molecule has 1 fully saturated rings. The zero-order valence-corrected chi connectivity index (χ0v) is 13.3.